The Morgan fingerprint density at radius 2 is 1.83 bits per heavy atom. The number of hydrogen-bond acceptors (Lipinski definition) is 6. The van der Waals surface area contributed by atoms with Gasteiger partial charge < -0.3 is 14.8 Å². The van der Waals surface area contributed by atoms with Crippen molar-refractivity contribution < 1.29 is 28.7 Å². The molecule has 2 aliphatic carbocycles. The van der Waals surface area contributed by atoms with E-state index < -0.39 is 24.5 Å². The lowest BCUT2D eigenvalue weighted by Gasteiger charge is -2.23. The Balaban J connectivity index is 1.35. The van der Waals surface area contributed by atoms with Gasteiger partial charge in [0.05, 0.1) is 24.6 Å². The number of fused-ring (bicyclic) bond motifs is 5. The highest BCUT2D eigenvalue weighted by molar-refractivity contribution is 6.31. The van der Waals surface area contributed by atoms with Gasteiger partial charge in [-0.05, 0) is 43.4 Å². The monoisotopic (exact) mass is 432 g/mol. The molecule has 30 heavy (non-hydrogen) atoms. The van der Waals surface area contributed by atoms with Crippen LogP contribution in [-0.4, -0.2) is 48.3 Å². The zero-order valence-electron chi connectivity index (χ0n) is 16.5. The first-order valence-electron chi connectivity index (χ1n) is 9.67. The zero-order valence-corrected chi connectivity index (χ0v) is 17.2. The summed E-state index contributed by atoms with van der Waals surface area (Å²) in [6.07, 6.45) is 4.78. The number of nitrogens with zero attached hydrogens (tertiary/aromatic N) is 1. The Hall–Kier alpha value is -2.87. The second kappa shape index (κ2) is 7.75. The van der Waals surface area contributed by atoms with Gasteiger partial charge in [-0.2, -0.15) is 0 Å². The first-order valence-corrected chi connectivity index (χ1v) is 10.0. The number of imide groups is 1. The highest BCUT2D eigenvalue weighted by Crippen LogP contribution is 2.52. The zero-order chi connectivity index (χ0) is 21.6. The molecule has 0 unspecified atom stereocenters. The van der Waals surface area contributed by atoms with Crippen LogP contribution in [-0.2, 0) is 23.9 Å². The lowest BCUT2D eigenvalue weighted by molar-refractivity contribution is -0.159. The average Bonchev–Trinajstić information content (AvgIpc) is 3.39. The highest BCUT2D eigenvalue weighted by Gasteiger charge is 2.60. The molecular weight excluding hydrogens is 412 g/mol. The molecule has 1 aromatic rings. The summed E-state index contributed by atoms with van der Waals surface area (Å²) in [7, 11) is 1.45. The molecule has 3 amide bonds. The number of hydrogen-bond donors (Lipinski definition) is 1. The summed E-state index contributed by atoms with van der Waals surface area (Å²) in [5, 5.41) is 2.95. The van der Waals surface area contributed by atoms with Crippen molar-refractivity contribution in [2.75, 3.05) is 19.0 Å². The fourth-order valence-electron chi connectivity index (χ4n) is 4.63. The highest BCUT2D eigenvalue weighted by atomic mass is 35.5. The van der Waals surface area contributed by atoms with Crippen molar-refractivity contribution in [3.8, 4) is 5.75 Å². The molecule has 1 aromatic carbocycles. The van der Waals surface area contributed by atoms with Gasteiger partial charge in [-0.3, -0.25) is 19.3 Å². The Morgan fingerprint density at radius 3 is 2.43 bits per heavy atom. The van der Waals surface area contributed by atoms with E-state index in [9.17, 15) is 19.2 Å². The molecule has 0 aromatic heterocycles. The minimum absolute atomic E-state index is 0.0584. The fraction of sp³-hybridized carbons (Fsp3) is 0.429. The lowest BCUT2D eigenvalue weighted by atomic mass is 9.85. The van der Waals surface area contributed by atoms with Gasteiger partial charge in [0.15, 0.2) is 6.61 Å². The molecule has 0 radical (unpaired) electrons. The molecule has 9 heteroatoms. The lowest BCUT2D eigenvalue weighted by Crippen LogP contribution is -2.45. The van der Waals surface area contributed by atoms with Gasteiger partial charge in [0, 0.05) is 5.02 Å². The number of methoxy groups -OCH3 is 1. The Kier molecular flexibility index (Phi) is 5.27. The van der Waals surface area contributed by atoms with Crippen LogP contribution in [0, 0.1) is 23.7 Å². The quantitative estimate of drug-likeness (QED) is 0.419. The van der Waals surface area contributed by atoms with Crippen LogP contribution in [0.3, 0.4) is 0 Å². The van der Waals surface area contributed by atoms with Gasteiger partial charge in [0.1, 0.15) is 11.8 Å². The van der Waals surface area contributed by atoms with E-state index in [4.69, 9.17) is 21.1 Å². The number of amides is 3. The van der Waals surface area contributed by atoms with Crippen LogP contribution in [0.15, 0.2) is 30.4 Å². The minimum atomic E-state index is -1.09. The number of likely N-dealkylation sites (tertiary alicyclic amines) is 1. The second-order valence-electron chi connectivity index (χ2n) is 7.72. The molecule has 8 nitrogen and oxygen atoms in total. The average molecular weight is 433 g/mol. The van der Waals surface area contributed by atoms with Crippen LogP contribution in [0.1, 0.15) is 13.3 Å². The van der Waals surface area contributed by atoms with Gasteiger partial charge >= 0.3 is 5.97 Å². The molecule has 1 aliphatic heterocycles. The van der Waals surface area contributed by atoms with Crippen molar-refractivity contribution >= 4 is 41.0 Å². The summed E-state index contributed by atoms with van der Waals surface area (Å²) in [6.45, 7) is 0.862. The van der Waals surface area contributed by atoms with Gasteiger partial charge in [0.25, 0.3) is 5.91 Å². The predicted molar refractivity (Wildman–Crippen MR) is 107 cm³/mol. The van der Waals surface area contributed by atoms with Crippen LogP contribution >= 0.6 is 11.6 Å². The van der Waals surface area contributed by atoms with Crippen molar-refractivity contribution in [3.63, 3.8) is 0 Å². The first kappa shape index (κ1) is 20.4. The normalized spacial score (nSPS) is 27.2. The molecule has 158 valence electrons. The largest absolute Gasteiger partial charge is 0.495 e. The summed E-state index contributed by atoms with van der Waals surface area (Å²) in [6, 6.07) is 3.61. The number of nitrogens with one attached hydrogen (secondary N) is 1. The van der Waals surface area contributed by atoms with E-state index in [2.05, 4.69) is 5.32 Å². The third-order valence-electron chi connectivity index (χ3n) is 6.01. The number of halogens is 1. The van der Waals surface area contributed by atoms with E-state index in [1.165, 1.54) is 20.1 Å². The predicted octanol–water partition coefficient (Wildman–Crippen LogP) is 2.03. The Morgan fingerprint density at radius 1 is 1.20 bits per heavy atom. The summed E-state index contributed by atoms with van der Waals surface area (Å²) >= 11 is 5.93. The van der Waals surface area contributed by atoms with Crippen LogP contribution < -0.4 is 10.1 Å². The number of carbonyl (C=O) groups is 4. The summed E-state index contributed by atoms with van der Waals surface area (Å²) < 4.78 is 10.2. The molecule has 1 saturated heterocycles. The maximum atomic E-state index is 12.8. The standard InChI is InChI=1S/C21H21ClN2O6/c1-10(24-19(26)17-11-3-4-12(7-11)18(17)20(24)27)21(28)30-9-16(25)23-14-8-13(22)5-6-15(14)29-2/h3-6,8,10-12,17-18H,7,9H2,1-2H3,(H,23,25)/t10-,11-,12-,17-,18+/m0/s1. The van der Waals surface area contributed by atoms with Crippen molar-refractivity contribution in [2.24, 2.45) is 23.7 Å². The molecule has 1 saturated carbocycles. The van der Waals surface area contributed by atoms with E-state index in [1.54, 1.807) is 12.1 Å². The second-order valence-corrected chi connectivity index (χ2v) is 8.16. The fourth-order valence-corrected chi connectivity index (χ4v) is 4.81. The van der Waals surface area contributed by atoms with Crippen LogP contribution in [0.2, 0.25) is 5.02 Å². The number of ether oxygens (including phenoxy) is 2. The number of allylic oxidation sites excluding steroid dienone is 2. The molecule has 5 atom stereocenters. The molecule has 2 fully saturated rings. The van der Waals surface area contributed by atoms with Crippen molar-refractivity contribution in [3.05, 3.63) is 35.4 Å². The number of carbonyl (C=O) groups excluding carboxylic acids is 4. The van der Waals surface area contributed by atoms with E-state index in [0.29, 0.717) is 16.5 Å². The molecule has 4 rings (SSSR count). The van der Waals surface area contributed by atoms with Crippen molar-refractivity contribution in [2.45, 2.75) is 19.4 Å². The number of anilines is 1. The maximum Gasteiger partial charge on any atom is 0.329 e. The van der Waals surface area contributed by atoms with Crippen LogP contribution in [0.5, 0.6) is 5.75 Å². The van der Waals surface area contributed by atoms with Gasteiger partial charge in [-0.15, -0.1) is 0 Å². The van der Waals surface area contributed by atoms with Crippen LogP contribution in [0.25, 0.3) is 0 Å². The van der Waals surface area contributed by atoms with E-state index >= 15 is 0 Å². The van der Waals surface area contributed by atoms with Crippen molar-refractivity contribution in [1.82, 2.24) is 4.90 Å². The summed E-state index contributed by atoms with van der Waals surface area (Å²) in [5.74, 6) is -2.34. The number of esters is 1. The number of rotatable bonds is 6. The number of benzene rings is 1. The van der Waals surface area contributed by atoms with Gasteiger partial charge in [-0.25, -0.2) is 4.79 Å². The van der Waals surface area contributed by atoms with Gasteiger partial charge in [0.2, 0.25) is 11.8 Å². The summed E-state index contributed by atoms with van der Waals surface area (Å²) in [4.78, 5) is 51.2. The van der Waals surface area contributed by atoms with E-state index in [-0.39, 0.29) is 35.5 Å². The smallest absolute Gasteiger partial charge is 0.329 e. The van der Waals surface area contributed by atoms with E-state index in [0.717, 1.165) is 11.3 Å². The van der Waals surface area contributed by atoms with Crippen molar-refractivity contribution in [1.29, 1.82) is 0 Å². The molecule has 3 aliphatic rings. The van der Waals surface area contributed by atoms with Crippen LogP contribution in [0.4, 0.5) is 5.69 Å². The molecule has 0 spiro atoms. The Bertz CT molecular complexity index is 931. The minimum Gasteiger partial charge on any atom is -0.495 e. The third-order valence-corrected chi connectivity index (χ3v) is 6.25. The molecule has 1 N–H and O–H groups in total. The maximum absolute atomic E-state index is 12.8. The van der Waals surface area contributed by atoms with Gasteiger partial charge in [-0.1, -0.05) is 23.8 Å². The summed E-state index contributed by atoms with van der Waals surface area (Å²) in [5.41, 5.74) is 0.333. The third kappa shape index (κ3) is 3.35. The molecule has 2 bridgehead atoms. The SMILES string of the molecule is COc1ccc(Cl)cc1NC(=O)COC(=O)[C@H](C)N1C(=O)[C@@H]2[C@H](C1=O)[C@H]1C=C[C@H]2C1. The topological polar surface area (TPSA) is 102 Å². The first-order chi connectivity index (χ1) is 14.3. The Labute approximate surface area is 178 Å². The van der Waals surface area contributed by atoms with E-state index in [1.807, 2.05) is 12.2 Å². The molecule has 1 heterocycles. The molecular formula is C21H21ClN2O6.